The van der Waals surface area contributed by atoms with Crippen LogP contribution in [0.15, 0.2) is 60.7 Å². The van der Waals surface area contributed by atoms with E-state index in [2.05, 4.69) is 16.0 Å². The van der Waals surface area contributed by atoms with Crippen molar-refractivity contribution in [1.82, 2.24) is 0 Å². The minimum absolute atomic E-state index is 0.0288. The number of benzene rings is 3. The van der Waals surface area contributed by atoms with Crippen LogP contribution in [0.2, 0.25) is 0 Å². The molecule has 0 saturated carbocycles. The highest BCUT2D eigenvalue weighted by Gasteiger charge is 2.43. The summed E-state index contributed by atoms with van der Waals surface area (Å²) in [5, 5.41) is 9.38. The summed E-state index contributed by atoms with van der Waals surface area (Å²) in [4.78, 5) is 40.8. The molecule has 2 aliphatic heterocycles. The van der Waals surface area contributed by atoms with Gasteiger partial charge in [-0.3, -0.25) is 4.79 Å². The number of esters is 2. The number of nitrogens with two attached hydrogens (primary N) is 1. The molecule has 0 aromatic heterocycles. The number of amides is 1. The molecule has 4 atom stereocenters. The Hall–Kier alpha value is -4.68. The van der Waals surface area contributed by atoms with Crippen LogP contribution in [0.25, 0.3) is 0 Å². The summed E-state index contributed by atoms with van der Waals surface area (Å²) < 4.78 is 23.4. The predicted octanol–water partition coefficient (Wildman–Crippen LogP) is 6.33. The van der Waals surface area contributed by atoms with Crippen LogP contribution in [-0.2, 0) is 41.4 Å². The monoisotopic (exact) mass is 702 g/mol. The Kier molecular flexibility index (Phi) is 9.68. The van der Waals surface area contributed by atoms with Crippen molar-refractivity contribution < 1.29 is 33.3 Å². The summed E-state index contributed by atoms with van der Waals surface area (Å²) in [6.45, 7) is 16.0. The Morgan fingerprint density at radius 3 is 2.06 bits per heavy atom. The third-order valence-electron chi connectivity index (χ3n) is 8.29. The Morgan fingerprint density at radius 2 is 1.40 bits per heavy atom. The number of ether oxygens (including phenoxy) is 4. The summed E-state index contributed by atoms with van der Waals surface area (Å²) in [7, 11) is 0. The second-order valence-electron chi connectivity index (χ2n) is 15.0. The predicted molar refractivity (Wildman–Crippen MR) is 197 cm³/mol. The van der Waals surface area contributed by atoms with Crippen molar-refractivity contribution in [3.8, 4) is 11.5 Å². The van der Waals surface area contributed by atoms with Gasteiger partial charge in [-0.05, 0) is 109 Å². The minimum Gasteiger partial charge on any atom is -0.481 e. The summed E-state index contributed by atoms with van der Waals surface area (Å²) in [6, 6.07) is 17.7. The summed E-state index contributed by atoms with van der Waals surface area (Å²) in [5.74, 6) is -0.322. The second kappa shape index (κ2) is 13.2. The highest BCUT2D eigenvalue weighted by atomic mass is 32.1. The molecule has 5 N–H and O–H groups in total. The van der Waals surface area contributed by atoms with Gasteiger partial charge in [0.05, 0.1) is 11.4 Å². The van der Waals surface area contributed by atoms with Crippen molar-refractivity contribution in [2.24, 2.45) is 5.73 Å². The molecule has 1 amide bonds. The highest BCUT2D eigenvalue weighted by molar-refractivity contribution is 7.80. The first-order valence-electron chi connectivity index (χ1n) is 16.5. The lowest BCUT2D eigenvalue weighted by Crippen LogP contribution is -2.50. The lowest BCUT2D eigenvalue weighted by molar-refractivity contribution is -0.162. The van der Waals surface area contributed by atoms with Crippen LogP contribution in [0.1, 0.15) is 79.0 Å². The standard InChI is InChI=1S/C38H46N4O7S/c1-21-31(43)40-28-19-26(14-16-30(28)46-21)42-37(9,33(44)48-35(3,4)5)24-12-10-11-23(17-24)20-38(39,34(45)49-36(6,7)8)25-13-15-29-27(18-25)41-32(50)22(2)47-29/h10-19,21-22,42H,20,39H2,1-9H3,(H,40,43)(H,41,50). The number of thiocarbonyl (C=S) groups is 1. The lowest BCUT2D eigenvalue weighted by atomic mass is 9.82. The maximum Gasteiger partial charge on any atom is 0.336 e. The van der Waals surface area contributed by atoms with Crippen molar-refractivity contribution in [1.29, 1.82) is 0 Å². The molecule has 3 aromatic carbocycles. The van der Waals surface area contributed by atoms with E-state index in [0.29, 0.717) is 50.2 Å². The van der Waals surface area contributed by atoms with E-state index >= 15 is 0 Å². The fourth-order valence-corrected chi connectivity index (χ4v) is 5.82. The molecule has 0 aliphatic carbocycles. The molecule has 2 aliphatic rings. The van der Waals surface area contributed by atoms with E-state index in [-0.39, 0.29) is 18.4 Å². The average molecular weight is 703 g/mol. The van der Waals surface area contributed by atoms with Gasteiger partial charge >= 0.3 is 11.9 Å². The van der Waals surface area contributed by atoms with Gasteiger partial charge in [-0.25, -0.2) is 9.59 Å². The average Bonchev–Trinajstić information content (AvgIpc) is 3.00. The van der Waals surface area contributed by atoms with Gasteiger partial charge in [0.25, 0.3) is 5.91 Å². The van der Waals surface area contributed by atoms with Crippen LogP contribution < -0.4 is 31.2 Å². The van der Waals surface area contributed by atoms with E-state index < -0.39 is 40.3 Å². The molecule has 3 aromatic rings. The van der Waals surface area contributed by atoms with Gasteiger partial charge < -0.3 is 40.6 Å². The van der Waals surface area contributed by atoms with Gasteiger partial charge in [0.2, 0.25) is 0 Å². The van der Waals surface area contributed by atoms with Gasteiger partial charge in [0, 0.05) is 12.1 Å². The van der Waals surface area contributed by atoms with Crippen molar-refractivity contribution >= 4 is 52.1 Å². The number of hydrogen-bond donors (Lipinski definition) is 4. The van der Waals surface area contributed by atoms with Crippen molar-refractivity contribution in [3.63, 3.8) is 0 Å². The first-order valence-corrected chi connectivity index (χ1v) is 16.9. The molecule has 5 rings (SSSR count). The topological polar surface area (TPSA) is 150 Å². The number of carbonyl (C=O) groups is 3. The third kappa shape index (κ3) is 7.87. The number of fused-ring (bicyclic) bond motifs is 2. The van der Waals surface area contributed by atoms with Gasteiger partial charge in [-0.15, -0.1) is 0 Å². The van der Waals surface area contributed by atoms with E-state index in [1.807, 2.05) is 19.1 Å². The molecule has 50 heavy (non-hydrogen) atoms. The fourth-order valence-electron chi connectivity index (χ4n) is 5.66. The van der Waals surface area contributed by atoms with Crippen LogP contribution in [0.3, 0.4) is 0 Å². The van der Waals surface area contributed by atoms with Gasteiger partial charge in [0.1, 0.15) is 39.3 Å². The van der Waals surface area contributed by atoms with E-state index in [1.165, 1.54) is 0 Å². The largest absolute Gasteiger partial charge is 0.481 e. The zero-order valence-corrected chi connectivity index (χ0v) is 30.8. The zero-order valence-electron chi connectivity index (χ0n) is 30.0. The Bertz CT molecular complexity index is 1850. The number of nitrogens with one attached hydrogen (secondary N) is 3. The smallest absolute Gasteiger partial charge is 0.336 e. The quantitative estimate of drug-likeness (QED) is 0.154. The second-order valence-corrected chi connectivity index (χ2v) is 15.5. The molecular weight excluding hydrogens is 657 g/mol. The Morgan fingerprint density at radius 1 is 0.800 bits per heavy atom. The molecule has 12 heteroatoms. The third-order valence-corrected chi connectivity index (χ3v) is 8.72. The van der Waals surface area contributed by atoms with Crippen LogP contribution in [0.4, 0.5) is 17.1 Å². The van der Waals surface area contributed by atoms with Crippen molar-refractivity contribution in [2.75, 3.05) is 16.0 Å². The molecule has 4 unspecified atom stereocenters. The Balaban J connectivity index is 1.55. The highest BCUT2D eigenvalue weighted by Crippen LogP contribution is 2.38. The van der Waals surface area contributed by atoms with Gasteiger partial charge in [-0.2, -0.15) is 0 Å². The van der Waals surface area contributed by atoms with Crippen molar-refractivity contribution in [2.45, 2.75) is 103 Å². The molecule has 0 spiro atoms. The van der Waals surface area contributed by atoms with Gasteiger partial charge in [0.15, 0.2) is 11.6 Å². The maximum absolute atomic E-state index is 14.0. The molecule has 266 valence electrons. The molecular formula is C38H46N4O7S. The van der Waals surface area contributed by atoms with E-state index in [9.17, 15) is 14.4 Å². The molecule has 11 nitrogen and oxygen atoms in total. The fraction of sp³-hybridized carbons (Fsp3) is 0.421. The Labute approximate surface area is 298 Å². The van der Waals surface area contributed by atoms with Crippen LogP contribution in [-0.4, -0.2) is 46.2 Å². The molecule has 0 bridgehead atoms. The summed E-state index contributed by atoms with van der Waals surface area (Å²) in [5.41, 5.74) is 5.74. The van der Waals surface area contributed by atoms with E-state index in [0.717, 1.165) is 0 Å². The van der Waals surface area contributed by atoms with Crippen molar-refractivity contribution in [3.05, 3.63) is 77.4 Å². The summed E-state index contributed by atoms with van der Waals surface area (Å²) in [6.07, 6.45) is -0.899. The molecule has 0 fully saturated rings. The SMILES string of the molecule is CC1Oc2ccc(NC(C)(C(=O)OC(C)(C)C)c3cccc(CC(N)(C(=O)OC(C)(C)C)c4ccc5c(c4)NC(=S)C(C)O5)c3)cc2NC1=O. The number of hydrogen-bond acceptors (Lipinski definition) is 10. The van der Waals surface area contributed by atoms with Crippen LogP contribution >= 0.6 is 12.2 Å². The lowest BCUT2D eigenvalue weighted by Gasteiger charge is -2.35. The van der Waals surface area contributed by atoms with Crippen LogP contribution in [0, 0.1) is 0 Å². The molecule has 2 heterocycles. The number of carbonyl (C=O) groups excluding carboxylic acids is 3. The number of anilines is 3. The van der Waals surface area contributed by atoms with E-state index in [1.54, 1.807) is 104 Å². The maximum atomic E-state index is 14.0. The van der Waals surface area contributed by atoms with Crippen LogP contribution in [0.5, 0.6) is 11.5 Å². The normalized spacial score (nSPS) is 19.5. The molecule has 0 saturated heterocycles. The minimum atomic E-state index is -1.64. The first-order chi connectivity index (χ1) is 23.2. The molecule has 0 radical (unpaired) electrons. The zero-order chi connectivity index (χ0) is 36.8. The van der Waals surface area contributed by atoms with E-state index in [4.69, 9.17) is 36.9 Å². The first kappa shape index (κ1) is 36.6. The summed E-state index contributed by atoms with van der Waals surface area (Å²) >= 11 is 5.43. The number of rotatable bonds is 8. The van der Waals surface area contributed by atoms with Gasteiger partial charge in [-0.1, -0.05) is 42.5 Å².